The van der Waals surface area contributed by atoms with Crippen LogP contribution in [0.3, 0.4) is 0 Å². The van der Waals surface area contributed by atoms with Crippen LogP contribution < -0.4 is 5.32 Å². The van der Waals surface area contributed by atoms with Gasteiger partial charge in [-0.3, -0.25) is 4.79 Å². The molecule has 0 bridgehead atoms. The van der Waals surface area contributed by atoms with Crippen molar-refractivity contribution >= 4 is 12.0 Å². The molecule has 1 aromatic carbocycles. The zero-order chi connectivity index (χ0) is 21.5. The molecule has 2 amide bonds. The third-order valence-corrected chi connectivity index (χ3v) is 5.79. The number of hydrogen-bond acceptors (Lipinski definition) is 5. The second kappa shape index (κ2) is 7.62. The fourth-order valence-electron chi connectivity index (χ4n) is 4.30. The molecule has 1 saturated carbocycles. The predicted octanol–water partition coefficient (Wildman–Crippen LogP) is 3.74. The van der Waals surface area contributed by atoms with E-state index in [1.807, 2.05) is 0 Å². The van der Waals surface area contributed by atoms with Crippen molar-refractivity contribution in [2.24, 2.45) is 0 Å². The van der Waals surface area contributed by atoms with Crippen LogP contribution in [0.5, 0.6) is 0 Å². The minimum absolute atomic E-state index is 0.00764. The van der Waals surface area contributed by atoms with E-state index in [2.05, 4.69) is 15.5 Å². The van der Waals surface area contributed by atoms with Gasteiger partial charge in [0, 0.05) is 23.2 Å². The van der Waals surface area contributed by atoms with E-state index in [9.17, 15) is 22.8 Å². The van der Waals surface area contributed by atoms with Crippen molar-refractivity contribution in [3.8, 4) is 11.5 Å². The minimum Gasteiger partial charge on any atom is -0.465 e. The Morgan fingerprint density at radius 1 is 1.27 bits per heavy atom. The highest BCUT2D eigenvalue weighted by Crippen LogP contribution is 2.40. The lowest BCUT2D eigenvalue weighted by molar-refractivity contribution is 0.0350. The Kier molecular flexibility index (Phi) is 5.12. The first kappa shape index (κ1) is 20.2. The molecule has 2 aliphatic rings. The zero-order valence-corrected chi connectivity index (χ0v) is 15.8. The number of rotatable bonds is 5. The van der Waals surface area contributed by atoms with Gasteiger partial charge in [0.2, 0.25) is 5.89 Å². The van der Waals surface area contributed by atoms with E-state index in [1.54, 1.807) is 0 Å². The number of alkyl halides is 2. The molecule has 4 rings (SSSR count). The number of carboxylic acid groups (broad SMARTS) is 1. The highest BCUT2D eigenvalue weighted by molar-refractivity contribution is 6.00. The van der Waals surface area contributed by atoms with Gasteiger partial charge in [-0.1, -0.05) is 19.3 Å². The first-order valence-corrected chi connectivity index (χ1v) is 9.54. The van der Waals surface area contributed by atoms with E-state index >= 15 is 0 Å². The van der Waals surface area contributed by atoms with Crippen molar-refractivity contribution in [2.75, 3.05) is 6.54 Å². The summed E-state index contributed by atoms with van der Waals surface area (Å²) in [6, 6.07) is 2.42. The Hall–Kier alpha value is -3.11. The van der Waals surface area contributed by atoms with Crippen LogP contribution in [-0.4, -0.2) is 44.3 Å². The number of carbonyl (C=O) groups is 2. The number of aromatic nitrogens is 2. The van der Waals surface area contributed by atoms with Gasteiger partial charge in [-0.25, -0.2) is 9.18 Å². The fourth-order valence-corrected chi connectivity index (χ4v) is 4.30. The monoisotopic (exact) mass is 424 g/mol. The first-order valence-electron chi connectivity index (χ1n) is 9.54. The van der Waals surface area contributed by atoms with Crippen LogP contribution in [0.15, 0.2) is 16.5 Å². The van der Waals surface area contributed by atoms with E-state index in [0.29, 0.717) is 12.8 Å². The van der Waals surface area contributed by atoms with Gasteiger partial charge in [0.25, 0.3) is 11.8 Å². The van der Waals surface area contributed by atoms with Gasteiger partial charge in [0.05, 0.1) is 12.1 Å². The lowest BCUT2D eigenvalue weighted by Crippen LogP contribution is -2.56. The van der Waals surface area contributed by atoms with Crippen LogP contribution in [0.1, 0.15) is 60.3 Å². The number of carbonyl (C=O) groups excluding carboxylic acids is 1. The average molecular weight is 424 g/mol. The van der Waals surface area contributed by atoms with Gasteiger partial charge in [-0.05, 0) is 25.0 Å². The highest BCUT2D eigenvalue weighted by Gasteiger charge is 2.45. The first-order chi connectivity index (χ1) is 14.3. The van der Waals surface area contributed by atoms with E-state index in [4.69, 9.17) is 9.52 Å². The van der Waals surface area contributed by atoms with Crippen LogP contribution in [0, 0.1) is 5.82 Å². The molecule has 0 atom stereocenters. The maximum atomic E-state index is 14.8. The molecule has 0 radical (unpaired) electrons. The van der Waals surface area contributed by atoms with Crippen molar-refractivity contribution in [2.45, 2.75) is 50.6 Å². The number of halogens is 3. The molecule has 2 heterocycles. The third-order valence-electron chi connectivity index (χ3n) is 5.79. The van der Waals surface area contributed by atoms with Gasteiger partial charge < -0.3 is 19.7 Å². The Morgan fingerprint density at radius 3 is 2.63 bits per heavy atom. The van der Waals surface area contributed by atoms with E-state index in [0.717, 1.165) is 25.3 Å². The van der Waals surface area contributed by atoms with Crippen LogP contribution in [-0.2, 0) is 6.54 Å². The Labute approximate surface area is 169 Å². The number of nitrogens with zero attached hydrogens (tertiary/aromatic N) is 3. The van der Waals surface area contributed by atoms with Crippen molar-refractivity contribution in [1.29, 1.82) is 0 Å². The number of hydrogen-bond donors (Lipinski definition) is 2. The van der Waals surface area contributed by atoms with Crippen LogP contribution in [0.2, 0.25) is 0 Å². The van der Waals surface area contributed by atoms with Crippen molar-refractivity contribution in [1.82, 2.24) is 20.4 Å². The normalized spacial score (nSPS) is 18.0. The van der Waals surface area contributed by atoms with Crippen molar-refractivity contribution < 1.29 is 32.3 Å². The summed E-state index contributed by atoms with van der Waals surface area (Å²) >= 11 is 0. The maximum absolute atomic E-state index is 14.8. The minimum atomic E-state index is -2.96. The van der Waals surface area contributed by atoms with Gasteiger partial charge >= 0.3 is 12.5 Å². The molecule has 2 aromatic rings. The zero-order valence-electron chi connectivity index (χ0n) is 15.8. The molecule has 2 N–H and O–H groups in total. The second-order valence-corrected chi connectivity index (χ2v) is 7.57. The molecule has 0 spiro atoms. The highest BCUT2D eigenvalue weighted by atomic mass is 19.3. The molecule has 8 nitrogen and oxygen atoms in total. The van der Waals surface area contributed by atoms with E-state index in [1.165, 1.54) is 11.0 Å². The Bertz CT molecular complexity index is 988. The summed E-state index contributed by atoms with van der Waals surface area (Å²) in [5, 5.41) is 18.1. The van der Waals surface area contributed by atoms with Crippen molar-refractivity contribution in [3.05, 3.63) is 35.0 Å². The molecule has 160 valence electrons. The van der Waals surface area contributed by atoms with Gasteiger partial charge in [-0.2, -0.15) is 8.78 Å². The molecule has 30 heavy (non-hydrogen) atoms. The summed E-state index contributed by atoms with van der Waals surface area (Å²) in [7, 11) is 0. The number of amides is 2. The van der Waals surface area contributed by atoms with Crippen molar-refractivity contribution in [3.63, 3.8) is 0 Å². The summed E-state index contributed by atoms with van der Waals surface area (Å²) in [5.74, 6) is -2.32. The fraction of sp³-hybridized carbons (Fsp3) is 0.474. The van der Waals surface area contributed by atoms with Gasteiger partial charge in [0.15, 0.2) is 0 Å². The largest absolute Gasteiger partial charge is 0.465 e. The molecular formula is C19H19F3N4O4. The summed E-state index contributed by atoms with van der Waals surface area (Å²) in [5.41, 5.74) is -0.450. The van der Waals surface area contributed by atoms with E-state index in [-0.39, 0.29) is 35.7 Å². The smallest absolute Gasteiger partial charge is 0.404 e. The molecule has 1 aliphatic carbocycles. The summed E-state index contributed by atoms with van der Waals surface area (Å²) in [6.45, 7) is 0.0612. The predicted molar refractivity (Wildman–Crippen MR) is 96.4 cm³/mol. The SMILES string of the molecule is O=C(O)NCC1(N2Cc3c(F)cc(-c4nnc(C(F)F)o4)cc3C2=O)CCCCC1. The molecule has 0 unspecified atom stereocenters. The molecule has 1 aliphatic heterocycles. The molecule has 1 fully saturated rings. The molecule has 1 aromatic heterocycles. The van der Waals surface area contributed by atoms with Crippen LogP contribution in [0.25, 0.3) is 11.5 Å². The average Bonchev–Trinajstić information content (AvgIpc) is 3.33. The lowest BCUT2D eigenvalue weighted by Gasteiger charge is -2.44. The summed E-state index contributed by atoms with van der Waals surface area (Å²) in [4.78, 5) is 25.8. The number of fused-ring (bicyclic) bond motifs is 1. The summed E-state index contributed by atoms with van der Waals surface area (Å²) in [6.07, 6.45) is -0.321. The third kappa shape index (κ3) is 3.48. The molecule has 0 saturated heterocycles. The topological polar surface area (TPSA) is 109 Å². The maximum Gasteiger partial charge on any atom is 0.404 e. The van der Waals surface area contributed by atoms with E-state index < -0.39 is 35.7 Å². The van der Waals surface area contributed by atoms with Gasteiger partial charge in [0.1, 0.15) is 5.82 Å². The Balaban J connectivity index is 1.67. The quantitative estimate of drug-likeness (QED) is 0.757. The molecule has 11 heteroatoms. The lowest BCUT2D eigenvalue weighted by atomic mass is 9.80. The number of benzene rings is 1. The van der Waals surface area contributed by atoms with Gasteiger partial charge in [-0.15, -0.1) is 10.2 Å². The summed E-state index contributed by atoms with van der Waals surface area (Å²) < 4.78 is 45.1. The molecular weight excluding hydrogens is 405 g/mol. The standard InChI is InChI=1S/C19H19F3N4O4/c20-13-7-10(15-24-25-16(30-15)14(21)22)6-11-12(13)8-26(17(11)27)19(9-23-18(28)29)4-2-1-3-5-19/h6-7,14,23H,1-5,8-9H2,(H,28,29). The second-order valence-electron chi connectivity index (χ2n) is 7.57. The van der Waals surface area contributed by atoms with Crippen LogP contribution >= 0.6 is 0 Å². The van der Waals surface area contributed by atoms with Crippen LogP contribution in [0.4, 0.5) is 18.0 Å². The number of nitrogens with one attached hydrogen (secondary N) is 1. The Morgan fingerprint density at radius 2 is 2.00 bits per heavy atom.